The Hall–Kier alpha value is -3.50. The van der Waals surface area contributed by atoms with E-state index in [9.17, 15) is 13.2 Å². The molecule has 5 rings (SSSR count). The molecule has 2 aliphatic heterocycles. The van der Waals surface area contributed by atoms with E-state index >= 15 is 0 Å². The first kappa shape index (κ1) is 31.9. The van der Waals surface area contributed by atoms with E-state index in [2.05, 4.69) is 49.3 Å². The van der Waals surface area contributed by atoms with Crippen LogP contribution in [0.1, 0.15) is 75.4 Å². The maximum Gasteiger partial charge on any atom is 0.264 e. The van der Waals surface area contributed by atoms with Gasteiger partial charge < -0.3 is 14.4 Å². The topological polar surface area (TPSA) is 111 Å². The van der Waals surface area contributed by atoms with E-state index in [0.717, 1.165) is 23.1 Å². The van der Waals surface area contributed by atoms with Crippen molar-refractivity contribution in [1.82, 2.24) is 14.9 Å². The van der Waals surface area contributed by atoms with E-state index in [1.807, 2.05) is 36.9 Å². The lowest BCUT2D eigenvalue weighted by atomic mass is 9.83. The monoisotopic (exact) mass is 620 g/mol. The molecule has 4 bridgehead atoms. The predicted molar refractivity (Wildman–Crippen MR) is 171 cm³/mol. The van der Waals surface area contributed by atoms with E-state index in [4.69, 9.17) is 9.47 Å². The van der Waals surface area contributed by atoms with Crippen molar-refractivity contribution >= 4 is 21.9 Å². The van der Waals surface area contributed by atoms with Crippen molar-refractivity contribution in [3.63, 3.8) is 0 Å². The Bertz CT molecular complexity index is 1630. The molecular formula is C34H44N4O5S. The molecule has 1 unspecified atom stereocenters. The Morgan fingerprint density at radius 1 is 1.05 bits per heavy atom. The van der Waals surface area contributed by atoms with Crippen LogP contribution >= 0.6 is 0 Å². The van der Waals surface area contributed by atoms with Crippen molar-refractivity contribution in [3.8, 4) is 17.1 Å². The largest absolute Gasteiger partial charge is 0.475 e. The summed E-state index contributed by atoms with van der Waals surface area (Å²) in [5, 5.41) is 0. The molecule has 2 aromatic carbocycles. The average Bonchev–Trinajstić information content (AvgIpc) is 3.27. The van der Waals surface area contributed by atoms with Crippen LogP contribution in [0.25, 0.3) is 11.3 Å². The van der Waals surface area contributed by atoms with Crippen molar-refractivity contribution in [1.29, 1.82) is 0 Å². The molecule has 0 radical (unpaired) electrons. The van der Waals surface area contributed by atoms with E-state index in [1.54, 1.807) is 18.2 Å². The number of carbonyl (C=O) groups is 1. The van der Waals surface area contributed by atoms with Gasteiger partial charge in [0.15, 0.2) is 0 Å². The molecule has 236 valence electrons. The highest BCUT2D eigenvalue weighted by atomic mass is 32.2. The van der Waals surface area contributed by atoms with Crippen LogP contribution in [0, 0.1) is 24.7 Å². The maximum absolute atomic E-state index is 14.3. The number of hydrogen-bond acceptors (Lipinski definition) is 7. The Morgan fingerprint density at radius 2 is 1.75 bits per heavy atom. The lowest BCUT2D eigenvalue weighted by Crippen LogP contribution is -2.47. The van der Waals surface area contributed by atoms with Crippen LogP contribution in [0.2, 0.25) is 0 Å². The van der Waals surface area contributed by atoms with Crippen molar-refractivity contribution < 1.29 is 22.7 Å². The van der Waals surface area contributed by atoms with Gasteiger partial charge in [0.05, 0.1) is 22.7 Å². The van der Waals surface area contributed by atoms with Gasteiger partial charge in [-0.15, -0.1) is 0 Å². The fourth-order valence-electron chi connectivity index (χ4n) is 6.21. The number of hydrogen-bond donors (Lipinski definition) is 1. The van der Waals surface area contributed by atoms with Crippen molar-refractivity contribution in [2.75, 3.05) is 24.5 Å². The van der Waals surface area contributed by atoms with Gasteiger partial charge in [-0.2, -0.15) is 4.98 Å². The third-order valence-corrected chi connectivity index (χ3v) is 9.93. The molecule has 3 heterocycles. The van der Waals surface area contributed by atoms with Crippen LogP contribution in [-0.4, -0.2) is 61.1 Å². The molecule has 3 aromatic rings. The second-order valence-electron chi connectivity index (χ2n) is 13.9. The number of aromatic nitrogens is 2. The number of anilines is 1. The maximum atomic E-state index is 14.3. The molecule has 2 aliphatic rings. The first-order valence-electron chi connectivity index (χ1n) is 15.3. The smallest absolute Gasteiger partial charge is 0.264 e. The predicted octanol–water partition coefficient (Wildman–Crippen LogP) is 6.41. The van der Waals surface area contributed by atoms with Gasteiger partial charge in [-0.1, -0.05) is 58.9 Å². The summed E-state index contributed by atoms with van der Waals surface area (Å²) in [7, 11) is -4.12. The number of sulfonamides is 1. The van der Waals surface area contributed by atoms with Crippen molar-refractivity contribution in [2.45, 2.75) is 84.8 Å². The Kier molecular flexibility index (Phi) is 8.79. The van der Waals surface area contributed by atoms with Gasteiger partial charge in [-0.05, 0) is 73.3 Å². The van der Waals surface area contributed by atoms with Crippen LogP contribution in [0.4, 0.5) is 5.95 Å². The van der Waals surface area contributed by atoms with Crippen LogP contribution in [-0.2, 0) is 14.8 Å². The SMILES string of the molecule is Cc1cccc(C)c1-c1cc2nc(n1)NS(=O)(=O)c1cccc(c1)C(=O)N(CCC1OCCC1(C)C)[C@H](CC(C)(C)C)CO2. The van der Waals surface area contributed by atoms with Gasteiger partial charge >= 0.3 is 0 Å². The molecule has 0 spiro atoms. The summed E-state index contributed by atoms with van der Waals surface area (Å²) in [5.74, 6) is -0.113. The molecule has 1 fully saturated rings. The van der Waals surface area contributed by atoms with Crippen molar-refractivity contribution in [2.24, 2.45) is 10.8 Å². The van der Waals surface area contributed by atoms with Gasteiger partial charge in [-0.25, -0.2) is 18.1 Å². The minimum absolute atomic E-state index is 0.00458. The molecule has 2 atom stereocenters. The van der Waals surface area contributed by atoms with Gasteiger partial charge in [-0.3, -0.25) is 4.79 Å². The lowest BCUT2D eigenvalue weighted by Gasteiger charge is -2.37. The second-order valence-corrected chi connectivity index (χ2v) is 15.6. The van der Waals surface area contributed by atoms with E-state index in [-0.39, 0.29) is 52.2 Å². The van der Waals surface area contributed by atoms with Gasteiger partial charge in [0.1, 0.15) is 6.61 Å². The summed E-state index contributed by atoms with van der Waals surface area (Å²) < 4.78 is 42.2. The highest BCUT2D eigenvalue weighted by Gasteiger charge is 2.37. The fraction of sp³-hybridized carbons (Fsp3) is 0.500. The zero-order valence-electron chi connectivity index (χ0n) is 26.8. The first-order valence-corrected chi connectivity index (χ1v) is 16.8. The molecule has 10 heteroatoms. The molecule has 1 N–H and O–H groups in total. The number of nitrogens with zero attached hydrogens (tertiary/aromatic N) is 3. The van der Waals surface area contributed by atoms with Gasteiger partial charge in [0.25, 0.3) is 15.9 Å². The molecule has 1 saturated heterocycles. The Morgan fingerprint density at radius 3 is 2.41 bits per heavy atom. The number of fused-ring (bicyclic) bond motifs is 4. The number of carbonyl (C=O) groups excluding carboxylic acids is 1. The van der Waals surface area contributed by atoms with Crippen LogP contribution in [0.3, 0.4) is 0 Å². The molecule has 9 nitrogen and oxygen atoms in total. The first-order chi connectivity index (χ1) is 20.6. The quantitative estimate of drug-likeness (QED) is 0.351. The molecule has 0 saturated carbocycles. The average molecular weight is 621 g/mol. The minimum atomic E-state index is -4.12. The van der Waals surface area contributed by atoms with E-state index < -0.39 is 10.0 Å². The summed E-state index contributed by atoms with van der Waals surface area (Å²) in [6.07, 6.45) is 2.29. The summed E-state index contributed by atoms with van der Waals surface area (Å²) >= 11 is 0. The number of rotatable bonds is 5. The zero-order valence-corrected chi connectivity index (χ0v) is 27.6. The number of amides is 1. The molecule has 0 aliphatic carbocycles. The van der Waals surface area contributed by atoms with E-state index in [1.165, 1.54) is 12.1 Å². The fourth-order valence-corrected chi connectivity index (χ4v) is 7.20. The third kappa shape index (κ3) is 7.07. The zero-order chi connectivity index (χ0) is 31.9. The molecular weight excluding hydrogens is 576 g/mol. The highest BCUT2D eigenvalue weighted by Crippen LogP contribution is 2.37. The second kappa shape index (κ2) is 12.1. The Balaban J connectivity index is 1.62. The van der Waals surface area contributed by atoms with Gasteiger partial charge in [0, 0.05) is 30.3 Å². The summed E-state index contributed by atoms with van der Waals surface area (Å²) in [4.78, 5) is 25.2. The molecule has 1 aromatic heterocycles. The normalized spacial score (nSPS) is 21.4. The third-order valence-electron chi connectivity index (χ3n) is 8.60. The molecule has 44 heavy (non-hydrogen) atoms. The number of benzene rings is 2. The van der Waals surface area contributed by atoms with Crippen LogP contribution in [0.5, 0.6) is 5.88 Å². The highest BCUT2D eigenvalue weighted by molar-refractivity contribution is 7.92. The molecule has 1 amide bonds. The number of nitrogens with one attached hydrogen (secondary N) is 1. The summed E-state index contributed by atoms with van der Waals surface area (Å²) in [5.41, 5.74) is 3.59. The standard InChI is InChI=1S/C34H44N4O5S/c1-22-10-8-11-23(2)30(22)27-19-29-36-32(35-27)37-44(40,41)26-13-9-12-24(18-26)31(39)38(25(21-43-29)20-33(3,4)5)16-14-28-34(6,7)15-17-42-28/h8-13,18-19,25,28H,14-17,20-21H2,1-7H3,(H,35,36,37)/t25-,28?/m1/s1. The summed E-state index contributed by atoms with van der Waals surface area (Å²) in [6.45, 7) is 16.1. The number of aryl methyl sites for hydroxylation is 2. The Labute approximate surface area is 261 Å². The van der Waals surface area contributed by atoms with Crippen molar-refractivity contribution in [3.05, 3.63) is 65.2 Å². The van der Waals surface area contributed by atoms with E-state index in [0.29, 0.717) is 37.3 Å². The van der Waals surface area contributed by atoms with Crippen LogP contribution in [0.15, 0.2) is 53.4 Å². The number of ether oxygens (including phenoxy) is 2. The van der Waals surface area contributed by atoms with Gasteiger partial charge in [0.2, 0.25) is 11.8 Å². The minimum Gasteiger partial charge on any atom is -0.475 e. The lowest BCUT2D eigenvalue weighted by molar-refractivity contribution is 0.0288. The van der Waals surface area contributed by atoms with Crippen LogP contribution < -0.4 is 9.46 Å². The summed E-state index contributed by atoms with van der Waals surface area (Å²) in [6, 6.07) is 13.5.